The van der Waals surface area contributed by atoms with Crippen molar-refractivity contribution in [3.05, 3.63) is 29.6 Å². The zero-order chi connectivity index (χ0) is 14.7. The fourth-order valence-electron chi connectivity index (χ4n) is 2.17. The summed E-state index contributed by atoms with van der Waals surface area (Å²) in [7, 11) is 0. The van der Waals surface area contributed by atoms with Gasteiger partial charge in [-0.2, -0.15) is 0 Å². The summed E-state index contributed by atoms with van der Waals surface area (Å²) in [4.78, 5) is 40.9. The smallest absolute Gasteiger partial charge is 0.255 e. The summed E-state index contributed by atoms with van der Waals surface area (Å²) in [5, 5.41) is 2.24. The summed E-state index contributed by atoms with van der Waals surface area (Å²) in [6, 6.07) is 2.49. The van der Waals surface area contributed by atoms with Crippen LogP contribution in [0.25, 0.3) is 0 Å². The largest absolute Gasteiger partial charge is 0.325 e. The van der Waals surface area contributed by atoms with E-state index in [0.717, 1.165) is 0 Å². The topological polar surface area (TPSA) is 105 Å². The van der Waals surface area contributed by atoms with Crippen molar-refractivity contribution in [2.24, 2.45) is 5.73 Å². The van der Waals surface area contributed by atoms with E-state index in [-0.39, 0.29) is 19.0 Å². The zero-order valence-electron chi connectivity index (χ0n) is 11.1. The minimum Gasteiger partial charge on any atom is -0.325 e. The second-order valence-electron chi connectivity index (χ2n) is 4.51. The van der Waals surface area contributed by atoms with Crippen molar-refractivity contribution in [1.29, 1.82) is 0 Å². The lowest BCUT2D eigenvalue weighted by molar-refractivity contribution is -0.138. The first-order valence-corrected chi connectivity index (χ1v) is 6.36. The number of amides is 3. The van der Waals surface area contributed by atoms with E-state index in [1.165, 1.54) is 11.1 Å². The highest BCUT2D eigenvalue weighted by atomic mass is 16.2. The SMILES string of the molecule is CCC1C(=O)NC(=O)CN1C(=O)c1ccnc(CN)c1. The third-order valence-electron chi connectivity index (χ3n) is 3.18. The predicted octanol–water partition coefficient (Wildman–Crippen LogP) is -0.582. The fourth-order valence-corrected chi connectivity index (χ4v) is 2.17. The van der Waals surface area contributed by atoms with Crippen LogP contribution in [0.15, 0.2) is 18.3 Å². The minimum absolute atomic E-state index is 0.122. The molecule has 0 saturated carbocycles. The Balaban J connectivity index is 2.29. The van der Waals surface area contributed by atoms with Crippen molar-refractivity contribution in [1.82, 2.24) is 15.2 Å². The second kappa shape index (κ2) is 5.79. The van der Waals surface area contributed by atoms with E-state index in [2.05, 4.69) is 10.3 Å². The molecule has 1 saturated heterocycles. The molecule has 0 radical (unpaired) electrons. The molecule has 2 rings (SSSR count). The number of imide groups is 1. The summed E-state index contributed by atoms with van der Waals surface area (Å²) >= 11 is 0. The van der Waals surface area contributed by atoms with Crippen molar-refractivity contribution in [2.75, 3.05) is 6.54 Å². The number of pyridine rings is 1. The number of nitrogens with zero attached hydrogens (tertiary/aromatic N) is 2. The van der Waals surface area contributed by atoms with E-state index in [0.29, 0.717) is 17.7 Å². The van der Waals surface area contributed by atoms with E-state index in [4.69, 9.17) is 5.73 Å². The van der Waals surface area contributed by atoms with Crippen molar-refractivity contribution in [3.63, 3.8) is 0 Å². The van der Waals surface area contributed by atoms with E-state index in [9.17, 15) is 14.4 Å². The van der Waals surface area contributed by atoms with Crippen molar-refractivity contribution >= 4 is 17.7 Å². The molecule has 1 fully saturated rings. The van der Waals surface area contributed by atoms with E-state index in [1.54, 1.807) is 19.1 Å². The van der Waals surface area contributed by atoms with Gasteiger partial charge in [-0.05, 0) is 18.6 Å². The predicted molar refractivity (Wildman–Crippen MR) is 70.4 cm³/mol. The molecule has 1 aromatic heterocycles. The Morgan fingerprint density at radius 1 is 1.55 bits per heavy atom. The number of nitrogens with two attached hydrogens (primary N) is 1. The number of rotatable bonds is 3. The van der Waals surface area contributed by atoms with Gasteiger partial charge in [-0.1, -0.05) is 6.92 Å². The first-order valence-electron chi connectivity index (χ1n) is 6.36. The third-order valence-corrected chi connectivity index (χ3v) is 3.18. The molecular weight excluding hydrogens is 260 g/mol. The highest BCUT2D eigenvalue weighted by molar-refractivity contribution is 6.07. The van der Waals surface area contributed by atoms with Gasteiger partial charge in [-0.3, -0.25) is 24.7 Å². The molecule has 1 atom stereocenters. The van der Waals surface area contributed by atoms with Gasteiger partial charge >= 0.3 is 0 Å². The van der Waals surface area contributed by atoms with Gasteiger partial charge in [-0.15, -0.1) is 0 Å². The maximum Gasteiger partial charge on any atom is 0.255 e. The van der Waals surface area contributed by atoms with Gasteiger partial charge in [0.1, 0.15) is 12.6 Å². The van der Waals surface area contributed by atoms with Crippen LogP contribution < -0.4 is 11.1 Å². The van der Waals surface area contributed by atoms with Gasteiger partial charge in [0.25, 0.3) is 5.91 Å². The van der Waals surface area contributed by atoms with Crippen LogP contribution in [0.1, 0.15) is 29.4 Å². The number of nitrogens with one attached hydrogen (secondary N) is 1. The lowest BCUT2D eigenvalue weighted by atomic mass is 10.1. The molecule has 106 valence electrons. The van der Waals surface area contributed by atoms with E-state index in [1.807, 2.05) is 0 Å². The summed E-state index contributed by atoms with van der Waals surface area (Å²) in [6.07, 6.45) is 1.93. The Bertz CT molecular complexity index is 558. The van der Waals surface area contributed by atoms with Crippen LogP contribution in [0, 0.1) is 0 Å². The average Bonchev–Trinajstić information content (AvgIpc) is 2.45. The zero-order valence-corrected chi connectivity index (χ0v) is 11.1. The Labute approximate surface area is 116 Å². The maximum atomic E-state index is 12.5. The van der Waals surface area contributed by atoms with Crippen LogP contribution in [0.4, 0.5) is 0 Å². The van der Waals surface area contributed by atoms with Crippen LogP contribution in [0.3, 0.4) is 0 Å². The first-order chi connectivity index (χ1) is 9.56. The minimum atomic E-state index is -0.630. The number of aromatic nitrogens is 1. The normalized spacial score (nSPS) is 18.9. The molecule has 1 unspecified atom stereocenters. The second-order valence-corrected chi connectivity index (χ2v) is 4.51. The van der Waals surface area contributed by atoms with Crippen molar-refractivity contribution in [3.8, 4) is 0 Å². The quantitative estimate of drug-likeness (QED) is 0.718. The Morgan fingerprint density at radius 3 is 2.95 bits per heavy atom. The molecule has 7 heteroatoms. The van der Waals surface area contributed by atoms with Crippen molar-refractivity contribution in [2.45, 2.75) is 25.9 Å². The highest BCUT2D eigenvalue weighted by Crippen LogP contribution is 2.14. The molecule has 1 aromatic rings. The molecule has 1 aliphatic heterocycles. The van der Waals surface area contributed by atoms with Gasteiger partial charge in [-0.25, -0.2) is 0 Å². The molecule has 1 aliphatic rings. The summed E-state index contributed by atoms with van der Waals surface area (Å²) in [5.74, 6) is -1.27. The lowest BCUT2D eigenvalue weighted by Crippen LogP contribution is -2.59. The van der Waals surface area contributed by atoms with Gasteiger partial charge in [0, 0.05) is 18.3 Å². The molecular formula is C13H16N4O3. The molecule has 3 N–H and O–H groups in total. The lowest BCUT2D eigenvalue weighted by Gasteiger charge is -2.33. The fraction of sp³-hybridized carbons (Fsp3) is 0.385. The number of hydrogen-bond acceptors (Lipinski definition) is 5. The third kappa shape index (κ3) is 2.67. The monoisotopic (exact) mass is 276 g/mol. The van der Waals surface area contributed by atoms with Gasteiger partial charge in [0.2, 0.25) is 11.8 Å². The Hall–Kier alpha value is -2.28. The van der Waals surface area contributed by atoms with Crippen LogP contribution >= 0.6 is 0 Å². The van der Waals surface area contributed by atoms with E-state index >= 15 is 0 Å². The van der Waals surface area contributed by atoms with Crippen LogP contribution in [0.5, 0.6) is 0 Å². The molecule has 7 nitrogen and oxygen atoms in total. The number of carbonyl (C=O) groups excluding carboxylic acids is 3. The van der Waals surface area contributed by atoms with Gasteiger partial charge in [0.05, 0.1) is 5.69 Å². The van der Waals surface area contributed by atoms with Crippen molar-refractivity contribution < 1.29 is 14.4 Å². The number of carbonyl (C=O) groups is 3. The standard InChI is InChI=1S/C13H16N4O3/c1-2-10-12(19)16-11(18)7-17(10)13(20)8-3-4-15-9(5-8)6-14/h3-5,10H,2,6-7,14H2,1H3,(H,16,18,19). The highest BCUT2D eigenvalue weighted by Gasteiger charge is 2.35. The molecule has 3 amide bonds. The molecule has 0 aromatic carbocycles. The maximum absolute atomic E-state index is 12.5. The van der Waals surface area contributed by atoms with E-state index < -0.39 is 17.9 Å². The number of piperazine rings is 1. The summed E-state index contributed by atoms with van der Waals surface area (Å²) < 4.78 is 0. The summed E-state index contributed by atoms with van der Waals surface area (Å²) in [5.41, 5.74) is 6.45. The number of hydrogen-bond donors (Lipinski definition) is 2. The molecule has 0 bridgehead atoms. The van der Waals surface area contributed by atoms with Crippen LogP contribution in [-0.4, -0.2) is 40.2 Å². The summed E-state index contributed by atoms with van der Waals surface area (Å²) in [6.45, 7) is 1.89. The Kier molecular flexibility index (Phi) is 4.09. The molecule has 2 heterocycles. The van der Waals surface area contributed by atoms with Crippen LogP contribution in [-0.2, 0) is 16.1 Å². The van der Waals surface area contributed by atoms with Gasteiger partial charge < -0.3 is 10.6 Å². The molecule has 20 heavy (non-hydrogen) atoms. The molecule has 0 spiro atoms. The van der Waals surface area contributed by atoms with Crippen LogP contribution in [0.2, 0.25) is 0 Å². The Morgan fingerprint density at radius 2 is 2.30 bits per heavy atom. The first kappa shape index (κ1) is 14.1. The average molecular weight is 276 g/mol. The molecule has 0 aliphatic carbocycles. The van der Waals surface area contributed by atoms with Gasteiger partial charge in [0.15, 0.2) is 0 Å².